The van der Waals surface area contributed by atoms with E-state index in [0.29, 0.717) is 5.69 Å². The molecule has 0 unspecified atom stereocenters. The number of halogens is 4. The van der Waals surface area contributed by atoms with Crippen LogP contribution < -0.4 is 5.32 Å². The number of rotatable bonds is 4. The van der Waals surface area contributed by atoms with E-state index in [4.69, 9.17) is 21.1 Å². The van der Waals surface area contributed by atoms with Gasteiger partial charge in [-0.05, 0) is 54.6 Å². The second kappa shape index (κ2) is 7.40. The SMILES string of the molecule is O=C(O)c1ccc(NC(=O)c2ccc(-c3ccc(Cl)c(C(F)(F)F)c3)o2)cc1. The van der Waals surface area contributed by atoms with Crippen LogP contribution in [0.25, 0.3) is 11.3 Å². The molecular weight excluding hydrogens is 399 g/mol. The lowest BCUT2D eigenvalue weighted by Gasteiger charge is -2.10. The van der Waals surface area contributed by atoms with Crippen molar-refractivity contribution in [2.45, 2.75) is 6.18 Å². The van der Waals surface area contributed by atoms with E-state index in [2.05, 4.69) is 5.32 Å². The number of carboxylic acids is 1. The van der Waals surface area contributed by atoms with Crippen molar-refractivity contribution >= 4 is 29.2 Å². The first-order valence-corrected chi connectivity index (χ1v) is 8.14. The molecule has 5 nitrogen and oxygen atoms in total. The van der Waals surface area contributed by atoms with Crippen LogP contribution in [0.1, 0.15) is 26.5 Å². The molecule has 3 aromatic rings. The number of aromatic carboxylic acids is 1. The van der Waals surface area contributed by atoms with Crippen molar-refractivity contribution < 1.29 is 32.3 Å². The molecule has 1 heterocycles. The largest absolute Gasteiger partial charge is 0.478 e. The molecule has 0 aliphatic rings. The van der Waals surface area contributed by atoms with Crippen LogP contribution >= 0.6 is 11.6 Å². The molecule has 0 saturated heterocycles. The fraction of sp³-hybridized carbons (Fsp3) is 0.0526. The Morgan fingerprint density at radius 3 is 2.29 bits per heavy atom. The molecule has 1 aromatic heterocycles. The Bertz CT molecular complexity index is 1040. The molecule has 9 heteroatoms. The molecule has 28 heavy (non-hydrogen) atoms. The fourth-order valence-corrected chi connectivity index (χ4v) is 2.62. The number of furan rings is 1. The van der Waals surface area contributed by atoms with Crippen molar-refractivity contribution in [2.24, 2.45) is 0 Å². The van der Waals surface area contributed by atoms with Gasteiger partial charge in [-0.2, -0.15) is 13.2 Å². The maximum atomic E-state index is 13.0. The molecule has 0 saturated carbocycles. The van der Waals surface area contributed by atoms with E-state index in [1.165, 1.54) is 42.5 Å². The number of hydrogen-bond donors (Lipinski definition) is 2. The molecule has 0 aliphatic carbocycles. The van der Waals surface area contributed by atoms with Gasteiger partial charge in [0.2, 0.25) is 0 Å². The normalized spacial score (nSPS) is 11.3. The summed E-state index contributed by atoms with van der Waals surface area (Å²) in [6, 6.07) is 11.4. The maximum Gasteiger partial charge on any atom is 0.417 e. The van der Waals surface area contributed by atoms with E-state index in [9.17, 15) is 22.8 Å². The van der Waals surface area contributed by atoms with E-state index >= 15 is 0 Å². The zero-order valence-electron chi connectivity index (χ0n) is 13.9. The summed E-state index contributed by atoms with van der Waals surface area (Å²) in [6.07, 6.45) is -4.62. The zero-order valence-corrected chi connectivity index (χ0v) is 14.6. The molecule has 0 aliphatic heterocycles. The quantitative estimate of drug-likeness (QED) is 0.590. The minimum absolute atomic E-state index is 0.0569. The standard InChI is InChI=1S/C19H11ClF3NO4/c20-14-6-3-11(9-13(14)19(21,22)23)15-7-8-16(28-15)17(25)24-12-4-1-10(2-5-12)18(26)27/h1-9H,(H,24,25)(H,26,27). The summed E-state index contributed by atoms with van der Waals surface area (Å²) in [5.74, 6) is -1.80. The number of hydrogen-bond acceptors (Lipinski definition) is 3. The molecule has 0 spiro atoms. The second-order valence-corrected chi connectivity index (χ2v) is 6.10. The third-order valence-corrected chi connectivity index (χ3v) is 4.11. The van der Waals surface area contributed by atoms with Gasteiger partial charge in [0.05, 0.1) is 16.1 Å². The van der Waals surface area contributed by atoms with Gasteiger partial charge in [0.15, 0.2) is 5.76 Å². The van der Waals surface area contributed by atoms with Crippen molar-refractivity contribution in [1.82, 2.24) is 0 Å². The highest BCUT2D eigenvalue weighted by Crippen LogP contribution is 2.37. The van der Waals surface area contributed by atoms with Crippen LogP contribution in [0, 0.1) is 0 Å². The first-order valence-electron chi connectivity index (χ1n) is 7.77. The molecule has 2 N–H and O–H groups in total. The third-order valence-electron chi connectivity index (χ3n) is 3.78. The van der Waals surface area contributed by atoms with Crippen LogP contribution in [0.5, 0.6) is 0 Å². The number of anilines is 1. The van der Waals surface area contributed by atoms with Gasteiger partial charge in [-0.1, -0.05) is 11.6 Å². The minimum atomic E-state index is -4.62. The van der Waals surface area contributed by atoms with Gasteiger partial charge in [-0.25, -0.2) is 4.79 Å². The van der Waals surface area contributed by atoms with Gasteiger partial charge in [0.25, 0.3) is 5.91 Å². The summed E-state index contributed by atoms with van der Waals surface area (Å²) >= 11 is 5.59. The van der Waals surface area contributed by atoms with Crippen molar-refractivity contribution in [1.29, 1.82) is 0 Å². The molecular formula is C19H11ClF3NO4. The summed E-state index contributed by atoms with van der Waals surface area (Å²) in [4.78, 5) is 23.1. The molecule has 0 atom stereocenters. The van der Waals surface area contributed by atoms with E-state index in [1.54, 1.807) is 0 Å². The number of alkyl halides is 3. The summed E-state index contributed by atoms with van der Waals surface area (Å²) < 4.78 is 44.3. The second-order valence-electron chi connectivity index (χ2n) is 5.69. The first-order chi connectivity index (χ1) is 13.1. The van der Waals surface area contributed by atoms with E-state index in [-0.39, 0.29) is 22.6 Å². The topological polar surface area (TPSA) is 79.5 Å². The van der Waals surface area contributed by atoms with Gasteiger partial charge >= 0.3 is 12.1 Å². The van der Waals surface area contributed by atoms with Crippen LogP contribution in [-0.2, 0) is 6.18 Å². The number of carbonyl (C=O) groups is 2. The smallest absolute Gasteiger partial charge is 0.417 e. The predicted molar refractivity (Wildman–Crippen MR) is 95.5 cm³/mol. The number of nitrogens with one attached hydrogen (secondary N) is 1. The molecule has 0 bridgehead atoms. The van der Waals surface area contributed by atoms with Crippen molar-refractivity contribution in [2.75, 3.05) is 5.32 Å². The fourth-order valence-electron chi connectivity index (χ4n) is 2.40. The predicted octanol–water partition coefficient (Wildman–Crippen LogP) is 5.57. The third kappa shape index (κ3) is 4.17. The van der Waals surface area contributed by atoms with Crippen molar-refractivity contribution in [3.8, 4) is 11.3 Å². The molecule has 0 fully saturated rings. The summed E-state index contributed by atoms with van der Waals surface area (Å²) in [5, 5.41) is 10.9. The Kier molecular flexibility index (Phi) is 5.15. The number of carboxylic acid groups (broad SMARTS) is 1. The zero-order chi connectivity index (χ0) is 20.5. The van der Waals surface area contributed by atoms with E-state index in [1.807, 2.05) is 0 Å². The number of amides is 1. The lowest BCUT2D eigenvalue weighted by molar-refractivity contribution is -0.137. The Hall–Kier alpha value is -3.26. The molecule has 2 aromatic carbocycles. The van der Waals surface area contributed by atoms with E-state index in [0.717, 1.165) is 12.1 Å². The van der Waals surface area contributed by atoms with E-state index < -0.39 is 28.6 Å². The lowest BCUT2D eigenvalue weighted by atomic mass is 10.1. The highest BCUT2D eigenvalue weighted by molar-refractivity contribution is 6.31. The van der Waals surface area contributed by atoms with Gasteiger partial charge in [-0.3, -0.25) is 4.79 Å². The van der Waals surface area contributed by atoms with Crippen LogP contribution in [-0.4, -0.2) is 17.0 Å². The minimum Gasteiger partial charge on any atom is -0.478 e. The Labute approximate surface area is 161 Å². The molecule has 144 valence electrons. The van der Waals surface area contributed by atoms with Crippen LogP contribution in [0.2, 0.25) is 5.02 Å². The summed E-state index contributed by atoms with van der Waals surface area (Å²) in [6.45, 7) is 0. The average molecular weight is 410 g/mol. The average Bonchev–Trinajstić information content (AvgIpc) is 3.12. The van der Waals surface area contributed by atoms with Crippen LogP contribution in [0.4, 0.5) is 18.9 Å². The highest BCUT2D eigenvalue weighted by Gasteiger charge is 2.33. The van der Waals surface area contributed by atoms with Crippen LogP contribution in [0.15, 0.2) is 59.0 Å². The Balaban J connectivity index is 1.80. The number of benzene rings is 2. The van der Waals surface area contributed by atoms with Gasteiger partial charge < -0.3 is 14.8 Å². The van der Waals surface area contributed by atoms with Gasteiger partial charge in [-0.15, -0.1) is 0 Å². The van der Waals surface area contributed by atoms with Crippen LogP contribution in [0.3, 0.4) is 0 Å². The maximum absolute atomic E-state index is 13.0. The van der Waals surface area contributed by atoms with Crippen molar-refractivity contribution in [3.05, 3.63) is 76.5 Å². The highest BCUT2D eigenvalue weighted by atomic mass is 35.5. The first kappa shape index (κ1) is 19.5. The molecule has 1 amide bonds. The Morgan fingerprint density at radius 2 is 1.68 bits per heavy atom. The molecule has 0 radical (unpaired) electrons. The number of carbonyl (C=O) groups excluding carboxylic acids is 1. The summed E-state index contributed by atoms with van der Waals surface area (Å²) in [5.41, 5.74) is -0.505. The monoisotopic (exact) mass is 409 g/mol. The molecule has 3 rings (SSSR count). The van der Waals surface area contributed by atoms with Crippen molar-refractivity contribution in [3.63, 3.8) is 0 Å². The van der Waals surface area contributed by atoms with Gasteiger partial charge in [0.1, 0.15) is 5.76 Å². The Morgan fingerprint density at radius 1 is 1.00 bits per heavy atom. The lowest BCUT2D eigenvalue weighted by Crippen LogP contribution is -2.11. The summed E-state index contributed by atoms with van der Waals surface area (Å²) in [7, 11) is 0. The van der Waals surface area contributed by atoms with Gasteiger partial charge in [0, 0.05) is 11.3 Å².